The van der Waals surface area contributed by atoms with Gasteiger partial charge in [-0.15, -0.1) is 0 Å². The first kappa shape index (κ1) is 19.4. The van der Waals surface area contributed by atoms with Crippen LogP contribution in [0.3, 0.4) is 0 Å². The lowest BCUT2D eigenvalue weighted by Gasteiger charge is -2.34. The van der Waals surface area contributed by atoms with Gasteiger partial charge in [-0.3, -0.25) is 9.59 Å². The van der Waals surface area contributed by atoms with Crippen molar-refractivity contribution < 1.29 is 28.6 Å². The summed E-state index contributed by atoms with van der Waals surface area (Å²) in [6.45, 7) is 2.14. The molecule has 1 unspecified atom stereocenters. The van der Waals surface area contributed by atoms with E-state index >= 15 is 0 Å². The van der Waals surface area contributed by atoms with Gasteiger partial charge in [0.1, 0.15) is 5.75 Å². The molecule has 1 aliphatic heterocycles. The van der Waals surface area contributed by atoms with E-state index in [-0.39, 0.29) is 18.9 Å². The van der Waals surface area contributed by atoms with Crippen molar-refractivity contribution >= 4 is 23.5 Å². The molecular formula is C21H21NO6. The minimum atomic E-state index is -0.967. The smallest absolute Gasteiger partial charge is 0.337 e. The maximum atomic E-state index is 13.0. The van der Waals surface area contributed by atoms with E-state index in [0.29, 0.717) is 17.0 Å². The number of esters is 2. The van der Waals surface area contributed by atoms with Gasteiger partial charge in [0, 0.05) is 0 Å². The number of anilines is 1. The highest BCUT2D eigenvalue weighted by Gasteiger charge is 2.36. The zero-order valence-electron chi connectivity index (χ0n) is 15.9. The Hall–Kier alpha value is -3.35. The summed E-state index contributed by atoms with van der Waals surface area (Å²) in [5.41, 5.74) is 2.73. The van der Waals surface area contributed by atoms with Gasteiger partial charge in [-0.25, -0.2) is 4.79 Å². The number of hydrogen-bond acceptors (Lipinski definition) is 6. The van der Waals surface area contributed by atoms with E-state index in [0.717, 1.165) is 11.1 Å². The van der Waals surface area contributed by atoms with Crippen LogP contribution in [0.25, 0.3) is 0 Å². The monoisotopic (exact) mass is 383 g/mol. The predicted molar refractivity (Wildman–Crippen MR) is 101 cm³/mol. The van der Waals surface area contributed by atoms with E-state index in [2.05, 4.69) is 4.74 Å². The first-order chi connectivity index (χ1) is 13.4. The summed E-state index contributed by atoms with van der Waals surface area (Å²) >= 11 is 0. The number of benzene rings is 2. The molecule has 0 spiro atoms. The van der Waals surface area contributed by atoms with Gasteiger partial charge < -0.3 is 19.1 Å². The van der Waals surface area contributed by atoms with Crippen LogP contribution in [0, 0.1) is 6.92 Å². The molecule has 0 radical (unpaired) electrons. The van der Waals surface area contributed by atoms with Crippen molar-refractivity contribution in [1.29, 1.82) is 0 Å². The van der Waals surface area contributed by atoms with Crippen LogP contribution in [0.4, 0.5) is 5.69 Å². The molecule has 1 aliphatic rings. The number of ether oxygens (including phenoxy) is 3. The van der Waals surface area contributed by atoms with Gasteiger partial charge in [-0.05, 0) is 42.3 Å². The van der Waals surface area contributed by atoms with Crippen LogP contribution >= 0.6 is 0 Å². The maximum Gasteiger partial charge on any atom is 0.337 e. The Morgan fingerprint density at radius 1 is 1.11 bits per heavy atom. The lowest BCUT2D eigenvalue weighted by molar-refractivity contribution is -0.145. The molecule has 28 heavy (non-hydrogen) atoms. The van der Waals surface area contributed by atoms with Crippen LogP contribution in [0.2, 0.25) is 0 Å². The fraction of sp³-hybridized carbons (Fsp3) is 0.286. The molecule has 0 aliphatic carbocycles. The van der Waals surface area contributed by atoms with Gasteiger partial charge in [0.25, 0.3) is 5.91 Å². The topological polar surface area (TPSA) is 82.1 Å². The molecule has 2 aromatic carbocycles. The molecule has 1 heterocycles. The first-order valence-corrected chi connectivity index (χ1v) is 8.75. The summed E-state index contributed by atoms with van der Waals surface area (Å²) in [6, 6.07) is 12.4. The number of carbonyl (C=O) groups excluding carboxylic acids is 3. The molecule has 0 bridgehead atoms. The van der Waals surface area contributed by atoms with E-state index in [1.165, 1.54) is 14.2 Å². The number of carbonyl (C=O) groups is 3. The van der Waals surface area contributed by atoms with Gasteiger partial charge in [0.2, 0.25) is 0 Å². The molecule has 7 heteroatoms. The number of rotatable bonds is 5. The van der Waals surface area contributed by atoms with Crippen LogP contribution in [0.5, 0.6) is 5.75 Å². The average Bonchev–Trinajstić information content (AvgIpc) is 2.70. The van der Waals surface area contributed by atoms with Crippen molar-refractivity contribution in [2.75, 3.05) is 19.1 Å². The average molecular weight is 383 g/mol. The third kappa shape index (κ3) is 3.98. The van der Waals surface area contributed by atoms with Crippen LogP contribution in [0.1, 0.15) is 27.9 Å². The van der Waals surface area contributed by atoms with E-state index in [4.69, 9.17) is 9.47 Å². The quantitative estimate of drug-likeness (QED) is 0.739. The molecule has 2 aromatic rings. The minimum absolute atomic E-state index is 0.179. The molecule has 1 atom stereocenters. The zero-order chi connectivity index (χ0) is 20.3. The van der Waals surface area contributed by atoms with Crippen molar-refractivity contribution in [3.05, 3.63) is 59.2 Å². The second-order valence-corrected chi connectivity index (χ2v) is 6.47. The first-order valence-electron chi connectivity index (χ1n) is 8.75. The van der Waals surface area contributed by atoms with Crippen molar-refractivity contribution in [3.63, 3.8) is 0 Å². The number of methoxy groups -OCH3 is 2. The van der Waals surface area contributed by atoms with E-state index in [1.807, 2.05) is 25.1 Å². The molecule has 0 saturated carbocycles. The Morgan fingerprint density at radius 3 is 2.61 bits per heavy atom. The summed E-state index contributed by atoms with van der Waals surface area (Å²) in [5, 5.41) is 0. The van der Waals surface area contributed by atoms with Crippen molar-refractivity contribution in [1.82, 2.24) is 0 Å². The third-order valence-electron chi connectivity index (χ3n) is 4.49. The Balaban J connectivity index is 1.95. The van der Waals surface area contributed by atoms with Crippen LogP contribution in [-0.4, -0.2) is 38.2 Å². The highest BCUT2D eigenvalue weighted by Crippen LogP contribution is 2.36. The Kier molecular flexibility index (Phi) is 5.63. The standard InChI is InChI=1S/C21H21NO6/c1-13-7-8-16-17(9-13)28-18(11-19(23)26-2)20(24)22(16)12-14-5-4-6-15(10-14)21(25)27-3/h4-10,18H,11-12H2,1-3H3. The van der Waals surface area contributed by atoms with Crippen molar-refractivity contribution in [2.24, 2.45) is 0 Å². The lowest BCUT2D eigenvalue weighted by atomic mass is 10.1. The van der Waals surface area contributed by atoms with Crippen LogP contribution in [0.15, 0.2) is 42.5 Å². The maximum absolute atomic E-state index is 13.0. The molecule has 0 N–H and O–H groups in total. The number of nitrogens with zero attached hydrogens (tertiary/aromatic N) is 1. The molecule has 0 fully saturated rings. The third-order valence-corrected chi connectivity index (χ3v) is 4.49. The van der Waals surface area contributed by atoms with Gasteiger partial charge in [0.15, 0.2) is 6.10 Å². The van der Waals surface area contributed by atoms with Crippen molar-refractivity contribution in [3.8, 4) is 5.75 Å². The molecule has 3 rings (SSSR count). The number of aryl methyl sites for hydroxylation is 1. The number of fused-ring (bicyclic) bond motifs is 1. The fourth-order valence-corrected chi connectivity index (χ4v) is 3.06. The van der Waals surface area contributed by atoms with Crippen LogP contribution in [-0.2, 0) is 25.6 Å². The predicted octanol–water partition coefficient (Wildman–Crippen LogP) is 2.64. The molecule has 146 valence electrons. The normalized spacial score (nSPS) is 15.5. The minimum Gasteiger partial charge on any atom is -0.478 e. The summed E-state index contributed by atoms with van der Waals surface area (Å²) < 4.78 is 15.2. The molecule has 0 aromatic heterocycles. The molecule has 0 saturated heterocycles. The molecule has 1 amide bonds. The fourth-order valence-electron chi connectivity index (χ4n) is 3.06. The van der Waals surface area contributed by atoms with Gasteiger partial charge in [-0.2, -0.15) is 0 Å². The summed E-state index contributed by atoms with van der Waals surface area (Å²) in [5.74, 6) is -0.792. The van der Waals surface area contributed by atoms with Crippen LogP contribution < -0.4 is 9.64 Å². The van der Waals surface area contributed by atoms with E-state index in [1.54, 1.807) is 29.2 Å². The largest absolute Gasteiger partial charge is 0.478 e. The Labute approximate surface area is 162 Å². The molecular weight excluding hydrogens is 362 g/mol. The van der Waals surface area contributed by atoms with Gasteiger partial charge in [0.05, 0.1) is 38.4 Å². The highest BCUT2D eigenvalue weighted by atomic mass is 16.5. The second-order valence-electron chi connectivity index (χ2n) is 6.47. The second kappa shape index (κ2) is 8.12. The SMILES string of the molecule is COC(=O)CC1Oc2cc(C)ccc2N(Cc2cccc(C(=O)OC)c2)C1=O. The number of hydrogen-bond donors (Lipinski definition) is 0. The summed E-state index contributed by atoms with van der Waals surface area (Å²) in [6.07, 6.45) is -1.15. The lowest BCUT2D eigenvalue weighted by Crippen LogP contribution is -2.46. The molecule has 7 nitrogen and oxygen atoms in total. The Morgan fingerprint density at radius 2 is 1.89 bits per heavy atom. The van der Waals surface area contributed by atoms with E-state index in [9.17, 15) is 14.4 Å². The summed E-state index contributed by atoms with van der Waals surface area (Å²) in [7, 11) is 2.58. The summed E-state index contributed by atoms with van der Waals surface area (Å²) in [4.78, 5) is 38.1. The van der Waals surface area contributed by atoms with E-state index < -0.39 is 18.0 Å². The van der Waals surface area contributed by atoms with Crippen molar-refractivity contribution in [2.45, 2.75) is 26.0 Å². The van der Waals surface area contributed by atoms with Gasteiger partial charge in [-0.1, -0.05) is 18.2 Å². The van der Waals surface area contributed by atoms with Gasteiger partial charge >= 0.3 is 11.9 Å². The number of amides is 1. The highest BCUT2D eigenvalue weighted by molar-refractivity contribution is 6.01. The zero-order valence-corrected chi connectivity index (χ0v) is 15.9. The Bertz CT molecular complexity index is 923.